The highest BCUT2D eigenvalue weighted by molar-refractivity contribution is 5.79. The first-order valence-corrected chi connectivity index (χ1v) is 7.15. The lowest BCUT2D eigenvalue weighted by molar-refractivity contribution is -0.132. The Morgan fingerprint density at radius 2 is 1.60 bits per heavy atom. The molecule has 0 aliphatic carbocycles. The van der Waals surface area contributed by atoms with Crippen LogP contribution in [-0.4, -0.2) is 47.8 Å². The Morgan fingerprint density at radius 3 is 2.25 bits per heavy atom. The van der Waals surface area contributed by atoms with Crippen LogP contribution in [0.25, 0.3) is 0 Å². The van der Waals surface area contributed by atoms with Gasteiger partial charge in [0.15, 0.2) is 0 Å². The van der Waals surface area contributed by atoms with Gasteiger partial charge >= 0.3 is 0 Å². The van der Waals surface area contributed by atoms with Gasteiger partial charge in [0.2, 0.25) is 11.8 Å². The van der Waals surface area contributed by atoms with E-state index in [-0.39, 0.29) is 11.8 Å². The number of benzene rings is 1. The van der Waals surface area contributed by atoms with Gasteiger partial charge < -0.3 is 9.80 Å². The average molecular weight is 274 g/mol. The van der Waals surface area contributed by atoms with Crippen LogP contribution in [0.3, 0.4) is 0 Å². The molecule has 0 bridgehead atoms. The molecular weight excluding hydrogens is 252 g/mol. The topological polar surface area (TPSA) is 40.6 Å². The zero-order valence-corrected chi connectivity index (χ0v) is 12.3. The molecule has 0 saturated carbocycles. The number of carbonyl (C=O) groups is 2. The third kappa shape index (κ3) is 3.83. The second kappa shape index (κ2) is 6.55. The lowest BCUT2D eigenvalue weighted by Crippen LogP contribution is -2.37. The van der Waals surface area contributed by atoms with Gasteiger partial charge in [0, 0.05) is 33.1 Å². The van der Waals surface area contributed by atoms with E-state index in [4.69, 9.17) is 0 Å². The van der Waals surface area contributed by atoms with Crippen molar-refractivity contribution in [3.05, 3.63) is 35.4 Å². The molecule has 0 spiro atoms. The fraction of sp³-hybridized carbons (Fsp3) is 0.500. The molecule has 4 heteroatoms. The van der Waals surface area contributed by atoms with E-state index in [0.717, 1.165) is 25.1 Å². The Morgan fingerprint density at radius 1 is 1.00 bits per heavy atom. The van der Waals surface area contributed by atoms with E-state index >= 15 is 0 Å². The molecule has 1 aliphatic heterocycles. The zero-order valence-electron chi connectivity index (χ0n) is 12.3. The number of hydrogen-bond donors (Lipinski definition) is 0. The van der Waals surface area contributed by atoms with E-state index in [1.165, 1.54) is 5.56 Å². The summed E-state index contributed by atoms with van der Waals surface area (Å²) in [5.41, 5.74) is 2.25. The van der Waals surface area contributed by atoms with Crippen molar-refractivity contribution < 1.29 is 9.59 Å². The minimum atomic E-state index is 0.0952. The summed E-state index contributed by atoms with van der Waals surface area (Å²) in [7, 11) is 0. The molecular formula is C16H22N2O2. The smallest absolute Gasteiger partial charge is 0.227 e. The maximum atomic E-state index is 12.3. The molecule has 2 rings (SSSR count). The summed E-state index contributed by atoms with van der Waals surface area (Å²) in [4.78, 5) is 27.4. The summed E-state index contributed by atoms with van der Waals surface area (Å²) < 4.78 is 0. The van der Waals surface area contributed by atoms with Crippen molar-refractivity contribution in [3.8, 4) is 0 Å². The van der Waals surface area contributed by atoms with E-state index in [2.05, 4.69) is 0 Å². The van der Waals surface area contributed by atoms with Gasteiger partial charge in [0.05, 0.1) is 6.42 Å². The fourth-order valence-electron chi connectivity index (χ4n) is 2.47. The Bertz CT molecular complexity index is 482. The van der Waals surface area contributed by atoms with Crippen molar-refractivity contribution in [1.29, 1.82) is 0 Å². The number of carbonyl (C=O) groups excluding carboxylic acids is 2. The predicted octanol–water partition coefficient (Wildman–Crippen LogP) is 1.62. The molecule has 0 aromatic heterocycles. The molecule has 1 aromatic rings. The maximum absolute atomic E-state index is 12.3. The summed E-state index contributed by atoms with van der Waals surface area (Å²) >= 11 is 0. The molecule has 4 nitrogen and oxygen atoms in total. The predicted molar refractivity (Wildman–Crippen MR) is 78.3 cm³/mol. The molecule has 1 aliphatic rings. The van der Waals surface area contributed by atoms with Crippen LogP contribution in [0.1, 0.15) is 24.5 Å². The number of aryl methyl sites for hydroxylation is 1. The summed E-state index contributed by atoms with van der Waals surface area (Å²) in [5.74, 6) is 0.247. The molecule has 108 valence electrons. The number of nitrogens with zero attached hydrogens (tertiary/aromatic N) is 2. The van der Waals surface area contributed by atoms with Gasteiger partial charge in [-0.3, -0.25) is 9.59 Å². The van der Waals surface area contributed by atoms with Gasteiger partial charge in [0.1, 0.15) is 0 Å². The molecule has 0 N–H and O–H groups in total. The van der Waals surface area contributed by atoms with Crippen LogP contribution in [0.15, 0.2) is 24.3 Å². The van der Waals surface area contributed by atoms with Crippen LogP contribution in [-0.2, 0) is 16.0 Å². The second-order valence-corrected chi connectivity index (χ2v) is 5.40. The van der Waals surface area contributed by atoms with Crippen molar-refractivity contribution in [3.63, 3.8) is 0 Å². The quantitative estimate of drug-likeness (QED) is 0.822. The highest BCUT2D eigenvalue weighted by Crippen LogP contribution is 2.09. The Labute approximate surface area is 120 Å². The van der Waals surface area contributed by atoms with Crippen LogP contribution in [0.2, 0.25) is 0 Å². The largest absolute Gasteiger partial charge is 0.341 e. The van der Waals surface area contributed by atoms with Gasteiger partial charge in [0.25, 0.3) is 0 Å². The molecule has 1 heterocycles. The third-order valence-electron chi connectivity index (χ3n) is 3.77. The molecule has 20 heavy (non-hydrogen) atoms. The van der Waals surface area contributed by atoms with Gasteiger partial charge in [-0.15, -0.1) is 0 Å². The Hall–Kier alpha value is -1.84. The van der Waals surface area contributed by atoms with Crippen LogP contribution >= 0.6 is 0 Å². The summed E-state index contributed by atoms with van der Waals surface area (Å²) in [6.45, 7) is 6.41. The Kier molecular flexibility index (Phi) is 4.77. The van der Waals surface area contributed by atoms with E-state index in [1.54, 1.807) is 6.92 Å². The molecule has 0 atom stereocenters. The standard InChI is InChI=1S/C16H22N2O2/c1-13-4-6-15(7-5-13)12-16(20)18-9-3-8-17(10-11-18)14(2)19/h4-7H,3,8-12H2,1-2H3. The highest BCUT2D eigenvalue weighted by Gasteiger charge is 2.20. The van der Waals surface area contributed by atoms with Crippen LogP contribution in [0.5, 0.6) is 0 Å². The van der Waals surface area contributed by atoms with Crippen molar-refractivity contribution >= 4 is 11.8 Å². The number of rotatable bonds is 2. The number of amides is 2. The van der Waals surface area contributed by atoms with Crippen molar-refractivity contribution in [2.24, 2.45) is 0 Å². The fourth-order valence-corrected chi connectivity index (χ4v) is 2.47. The monoisotopic (exact) mass is 274 g/mol. The Balaban J connectivity index is 1.92. The van der Waals surface area contributed by atoms with Gasteiger partial charge in [-0.05, 0) is 18.9 Å². The van der Waals surface area contributed by atoms with Crippen molar-refractivity contribution in [2.75, 3.05) is 26.2 Å². The van der Waals surface area contributed by atoms with Crippen LogP contribution < -0.4 is 0 Å². The molecule has 2 amide bonds. The molecule has 1 aromatic carbocycles. The molecule has 1 saturated heterocycles. The molecule has 0 radical (unpaired) electrons. The van der Waals surface area contributed by atoms with E-state index in [9.17, 15) is 9.59 Å². The van der Waals surface area contributed by atoms with E-state index in [1.807, 2.05) is 41.0 Å². The maximum Gasteiger partial charge on any atom is 0.227 e. The second-order valence-electron chi connectivity index (χ2n) is 5.40. The van der Waals surface area contributed by atoms with Crippen LogP contribution in [0.4, 0.5) is 0 Å². The lowest BCUT2D eigenvalue weighted by atomic mass is 10.1. The normalized spacial score (nSPS) is 15.9. The SMILES string of the molecule is CC(=O)N1CCCN(C(=O)Cc2ccc(C)cc2)CC1. The van der Waals surface area contributed by atoms with Gasteiger partial charge in [-0.25, -0.2) is 0 Å². The van der Waals surface area contributed by atoms with E-state index in [0.29, 0.717) is 19.5 Å². The minimum absolute atomic E-state index is 0.0952. The number of hydrogen-bond acceptors (Lipinski definition) is 2. The van der Waals surface area contributed by atoms with Gasteiger partial charge in [-0.2, -0.15) is 0 Å². The minimum Gasteiger partial charge on any atom is -0.341 e. The van der Waals surface area contributed by atoms with E-state index < -0.39 is 0 Å². The van der Waals surface area contributed by atoms with Crippen molar-refractivity contribution in [1.82, 2.24) is 9.80 Å². The third-order valence-corrected chi connectivity index (χ3v) is 3.77. The lowest BCUT2D eigenvalue weighted by Gasteiger charge is -2.21. The summed E-state index contributed by atoms with van der Waals surface area (Å²) in [6.07, 6.45) is 1.31. The van der Waals surface area contributed by atoms with Crippen molar-refractivity contribution in [2.45, 2.75) is 26.7 Å². The first-order chi connectivity index (χ1) is 9.56. The molecule has 1 fully saturated rings. The highest BCUT2D eigenvalue weighted by atomic mass is 16.2. The molecule has 0 unspecified atom stereocenters. The van der Waals surface area contributed by atoms with Crippen LogP contribution in [0, 0.1) is 6.92 Å². The average Bonchev–Trinajstić information content (AvgIpc) is 2.67. The summed E-state index contributed by atoms with van der Waals surface area (Å²) in [6, 6.07) is 8.07. The first kappa shape index (κ1) is 14.6. The zero-order chi connectivity index (χ0) is 14.5. The van der Waals surface area contributed by atoms with Gasteiger partial charge in [-0.1, -0.05) is 29.8 Å². The first-order valence-electron chi connectivity index (χ1n) is 7.15. The summed E-state index contributed by atoms with van der Waals surface area (Å²) in [5, 5.41) is 0.